The minimum Gasteiger partial charge on any atom is -0.296 e. The highest BCUT2D eigenvalue weighted by Gasteiger charge is 2.11. The molecule has 0 aliphatic rings. The first kappa shape index (κ1) is 14.5. The van der Waals surface area contributed by atoms with Crippen LogP contribution < -0.4 is 5.32 Å². The zero-order chi connectivity index (χ0) is 16.4. The monoisotopic (exact) mass is 332 g/mol. The first-order chi connectivity index (χ1) is 11.8. The fourth-order valence-corrected chi connectivity index (χ4v) is 3.05. The molecule has 0 radical (unpaired) electrons. The summed E-state index contributed by atoms with van der Waals surface area (Å²) < 4.78 is 0. The van der Waals surface area contributed by atoms with Gasteiger partial charge in [-0.2, -0.15) is 0 Å². The van der Waals surface area contributed by atoms with Crippen LogP contribution in [0.2, 0.25) is 0 Å². The Morgan fingerprint density at radius 3 is 2.67 bits per heavy atom. The van der Waals surface area contributed by atoms with E-state index in [1.54, 1.807) is 18.5 Å². The zero-order valence-electron chi connectivity index (χ0n) is 12.5. The van der Waals surface area contributed by atoms with Crippen LogP contribution in [-0.2, 0) is 0 Å². The molecule has 0 unspecified atom stereocenters. The number of rotatable bonds is 3. The predicted molar refractivity (Wildman–Crippen MR) is 95.0 cm³/mol. The molecule has 3 heterocycles. The number of benzene rings is 1. The van der Waals surface area contributed by atoms with E-state index in [2.05, 4.69) is 20.3 Å². The van der Waals surface area contributed by atoms with Gasteiger partial charge in [0.1, 0.15) is 5.69 Å². The number of aromatic nitrogens is 3. The van der Waals surface area contributed by atoms with E-state index in [0.29, 0.717) is 10.8 Å². The highest BCUT2D eigenvalue weighted by atomic mass is 32.1. The van der Waals surface area contributed by atoms with Crippen molar-refractivity contribution in [1.82, 2.24) is 15.0 Å². The van der Waals surface area contributed by atoms with Gasteiger partial charge in [0.05, 0.1) is 11.2 Å². The van der Waals surface area contributed by atoms with Gasteiger partial charge in [0.25, 0.3) is 5.91 Å². The molecule has 0 bridgehead atoms. The van der Waals surface area contributed by atoms with Crippen LogP contribution in [0.15, 0.2) is 66.3 Å². The molecule has 24 heavy (non-hydrogen) atoms. The Balaban J connectivity index is 1.56. The van der Waals surface area contributed by atoms with Crippen molar-refractivity contribution in [2.45, 2.75) is 0 Å². The maximum absolute atomic E-state index is 12.4. The summed E-state index contributed by atoms with van der Waals surface area (Å²) >= 11 is 1.38. The van der Waals surface area contributed by atoms with Crippen LogP contribution >= 0.6 is 11.3 Å². The molecule has 0 saturated heterocycles. The molecule has 6 heteroatoms. The minimum atomic E-state index is -0.267. The van der Waals surface area contributed by atoms with Gasteiger partial charge in [0.15, 0.2) is 5.13 Å². The van der Waals surface area contributed by atoms with Crippen molar-refractivity contribution >= 4 is 33.3 Å². The van der Waals surface area contributed by atoms with E-state index in [1.807, 2.05) is 47.8 Å². The van der Waals surface area contributed by atoms with Crippen molar-refractivity contribution in [3.63, 3.8) is 0 Å². The zero-order valence-corrected chi connectivity index (χ0v) is 13.3. The number of para-hydroxylation sites is 1. The normalized spacial score (nSPS) is 10.7. The Bertz CT molecular complexity index is 1010. The number of thiazole rings is 1. The summed E-state index contributed by atoms with van der Waals surface area (Å²) in [6.07, 6.45) is 3.43. The van der Waals surface area contributed by atoms with Crippen LogP contribution in [0.4, 0.5) is 5.13 Å². The van der Waals surface area contributed by atoms with E-state index in [4.69, 9.17) is 0 Å². The van der Waals surface area contributed by atoms with E-state index in [9.17, 15) is 4.79 Å². The first-order valence-electron chi connectivity index (χ1n) is 7.33. The average Bonchev–Trinajstić information content (AvgIpc) is 3.10. The molecular weight excluding hydrogens is 320 g/mol. The molecule has 0 spiro atoms. The summed E-state index contributed by atoms with van der Waals surface area (Å²) in [4.78, 5) is 25.2. The Labute approximate surface area is 142 Å². The van der Waals surface area contributed by atoms with Gasteiger partial charge in [-0.25, -0.2) is 9.97 Å². The lowest BCUT2D eigenvalue weighted by Crippen LogP contribution is -2.13. The number of hydrogen-bond donors (Lipinski definition) is 1. The van der Waals surface area contributed by atoms with Crippen LogP contribution in [0.25, 0.3) is 22.2 Å². The Hall–Kier alpha value is -3.12. The lowest BCUT2D eigenvalue weighted by Gasteiger charge is -2.03. The van der Waals surface area contributed by atoms with Gasteiger partial charge in [-0.1, -0.05) is 24.3 Å². The van der Waals surface area contributed by atoms with Gasteiger partial charge >= 0.3 is 0 Å². The molecule has 0 saturated carbocycles. The van der Waals surface area contributed by atoms with Crippen molar-refractivity contribution in [2.24, 2.45) is 0 Å². The summed E-state index contributed by atoms with van der Waals surface area (Å²) in [6.45, 7) is 0. The van der Waals surface area contributed by atoms with Gasteiger partial charge in [-0.05, 0) is 24.3 Å². The topological polar surface area (TPSA) is 67.8 Å². The maximum Gasteiger partial charge on any atom is 0.276 e. The maximum atomic E-state index is 12.4. The van der Waals surface area contributed by atoms with Gasteiger partial charge in [-0.15, -0.1) is 11.3 Å². The standard InChI is InChI=1S/C18H12N4OS/c23-17(15-6-5-12-3-1-2-4-14(12)20-15)22-18-21-16(11-24-18)13-7-9-19-10-8-13/h1-11H,(H,21,22,23). The largest absolute Gasteiger partial charge is 0.296 e. The smallest absolute Gasteiger partial charge is 0.276 e. The molecule has 4 aromatic rings. The van der Waals surface area contributed by atoms with E-state index < -0.39 is 0 Å². The molecule has 116 valence electrons. The van der Waals surface area contributed by atoms with Gasteiger partial charge < -0.3 is 0 Å². The Kier molecular flexibility index (Phi) is 3.72. The fraction of sp³-hybridized carbons (Fsp3) is 0. The lowest BCUT2D eigenvalue weighted by atomic mass is 10.2. The van der Waals surface area contributed by atoms with E-state index in [-0.39, 0.29) is 5.91 Å². The minimum absolute atomic E-state index is 0.267. The van der Waals surface area contributed by atoms with Crippen LogP contribution in [0.1, 0.15) is 10.5 Å². The highest BCUT2D eigenvalue weighted by Crippen LogP contribution is 2.24. The van der Waals surface area contributed by atoms with E-state index in [1.165, 1.54) is 11.3 Å². The molecule has 1 aromatic carbocycles. The van der Waals surface area contributed by atoms with Crippen molar-refractivity contribution in [1.29, 1.82) is 0 Å². The quantitative estimate of drug-likeness (QED) is 0.615. The second-order valence-corrected chi connectivity index (χ2v) is 5.98. The Morgan fingerprint density at radius 2 is 1.79 bits per heavy atom. The second kappa shape index (κ2) is 6.17. The lowest BCUT2D eigenvalue weighted by molar-refractivity contribution is 0.102. The van der Waals surface area contributed by atoms with Crippen molar-refractivity contribution in [3.05, 3.63) is 72.0 Å². The molecule has 0 aliphatic carbocycles. The van der Waals surface area contributed by atoms with Gasteiger partial charge in [0.2, 0.25) is 0 Å². The average molecular weight is 332 g/mol. The number of anilines is 1. The number of carbonyl (C=O) groups is 1. The summed E-state index contributed by atoms with van der Waals surface area (Å²) in [5.41, 5.74) is 2.94. The van der Waals surface area contributed by atoms with Crippen molar-refractivity contribution < 1.29 is 4.79 Å². The molecule has 5 nitrogen and oxygen atoms in total. The number of carbonyl (C=O) groups excluding carboxylic acids is 1. The molecular formula is C18H12N4OS. The molecule has 0 fully saturated rings. The number of hydrogen-bond acceptors (Lipinski definition) is 5. The van der Waals surface area contributed by atoms with Crippen LogP contribution in [-0.4, -0.2) is 20.9 Å². The second-order valence-electron chi connectivity index (χ2n) is 5.12. The summed E-state index contributed by atoms with van der Waals surface area (Å²) in [7, 11) is 0. The third-order valence-electron chi connectivity index (χ3n) is 3.53. The van der Waals surface area contributed by atoms with Crippen molar-refractivity contribution in [2.75, 3.05) is 5.32 Å². The van der Waals surface area contributed by atoms with E-state index >= 15 is 0 Å². The number of amides is 1. The number of pyridine rings is 2. The van der Waals surface area contributed by atoms with Gasteiger partial charge in [-0.3, -0.25) is 15.1 Å². The number of fused-ring (bicyclic) bond motifs is 1. The molecule has 1 amide bonds. The summed E-state index contributed by atoms with van der Waals surface area (Å²) in [6, 6.07) is 15.1. The third kappa shape index (κ3) is 2.87. The summed E-state index contributed by atoms with van der Waals surface area (Å²) in [5, 5.41) is 6.25. The van der Waals surface area contributed by atoms with Gasteiger partial charge in [0, 0.05) is 28.7 Å². The molecule has 1 N–H and O–H groups in total. The third-order valence-corrected chi connectivity index (χ3v) is 4.29. The SMILES string of the molecule is O=C(Nc1nc(-c2ccncc2)cs1)c1ccc2ccccc2n1. The Morgan fingerprint density at radius 1 is 0.958 bits per heavy atom. The first-order valence-corrected chi connectivity index (χ1v) is 8.21. The van der Waals surface area contributed by atoms with E-state index in [0.717, 1.165) is 22.2 Å². The van der Waals surface area contributed by atoms with Crippen LogP contribution in [0.5, 0.6) is 0 Å². The summed E-state index contributed by atoms with van der Waals surface area (Å²) in [5.74, 6) is -0.267. The fourth-order valence-electron chi connectivity index (χ4n) is 2.34. The molecule has 0 aliphatic heterocycles. The number of nitrogens with one attached hydrogen (secondary N) is 1. The van der Waals surface area contributed by atoms with Crippen LogP contribution in [0.3, 0.4) is 0 Å². The van der Waals surface area contributed by atoms with Crippen LogP contribution in [0, 0.1) is 0 Å². The molecule has 0 atom stereocenters. The molecule has 4 rings (SSSR count). The van der Waals surface area contributed by atoms with Crippen molar-refractivity contribution in [3.8, 4) is 11.3 Å². The number of nitrogens with zero attached hydrogens (tertiary/aromatic N) is 3. The molecule has 3 aromatic heterocycles. The highest BCUT2D eigenvalue weighted by molar-refractivity contribution is 7.14. The predicted octanol–water partition coefficient (Wildman–Crippen LogP) is 4.01.